The lowest BCUT2D eigenvalue weighted by Gasteiger charge is -2.31. The first-order valence-corrected chi connectivity index (χ1v) is 8.61. The second-order valence-corrected chi connectivity index (χ2v) is 7.16. The van der Waals surface area contributed by atoms with E-state index in [0.717, 1.165) is 27.1 Å². The summed E-state index contributed by atoms with van der Waals surface area (Å²) in [5.41, 5.74) is 6.99. The molecule has 114 valence electrons. The van der Waals surface area contributed by atoms with Gasteiger partial charge in [-0.15, -0.1) is 11.3 Å². The molecule has 1 fully saturated rings. The van der Waals surface area contributed by atoms with Crippen LogP contribution >= 0.6 is 11.3 Å². The van der Waals surface area contributed by atoms with E-state index in [1.165, 1.54) is 32.1 Å². The second-order valence-electron chi connectivity index (χ2n) is 6.03. The fourth-order valence-electron chi connectivity index (χ4n) is 3.45. The molecular weight excluding hydrogens is 283 g/mol. The number of benzene rings is 1. The quantitative estimate of drug-likeness (QED) is 0.914. The molecule has 0 bridgehead atoms. The maximum absolute atomic E-state index is 14.2. The van der Waals surface area contributed by atoms with E-state index in [1.807, 2.05) is 6.07 Å². The topological polar surface area (TPSA) is 29.3 Å². The first-order chi connectivity index (χ1) is 10.2. The summed E-state index contributed by atoms with van der Waals surface area (Å²) in [6, 6.07) is 5.96. The molecule has 4 heteroatoms. The third-order valence-corrected chi connectivity index (χ3v) is 5.86. The molecule has 0 amide bonds. The van der Waals surface area contributed by atoms with Crippen molar-refractivity contribution in [3.8, 4) is 0 Å². The van der Waals surface area contributed by atoms with E-state index in [9.17, 15) is 4.39 Å². The van der Waals surface area contributed by atoms with Gasteiger partial charge in [-0.1, -0.05) is 25.3 Å². The summed E-state index contributed by atoms with van der Waals surface area (Å²) in [5.74, 6) is -0.115. The Bertz CT molecular complexity index is 617. The molecule has 0 radical (unpaired) electrons. The molecule has 1 aromatic carbocycles. The Morgan fingerprint density at radius 3 is 2.76 bits per heavy atom. The third kappa shape index (κ3) is 2.98. The minimum Gasteiger partial charge on any atom is -0.326 e. The molecule has 0 spiro atoms. The number of nitrogens with zero attached hydrogens (tertiary/aromatic N) is 1. The Morgan fingerprint density at radius 2 is 2.05 bits per heavy atom. The van der Waals surface area contributed by atoms with Crippen LogP contribution in [-0.2, 0) is 13.1 Å². The highest BCUT2D eigenvalue weighted by molar-refractivity contribution is 7.19. The van der Waals surface area contributed by atoms with E-state index in [4.69, 9.17) is 5.73 Å². The van der Waals surface area contributed by atoms with Gasteiger partial charge in [0.25, 0.3) is 0 Å². The van der Waals surface area contributed by atoms with Crippen molar-refractivity contribution in [3.63, 3.8) is 0 Å². The van der Waals surface area contributed by atoms with Gasteiger partial charge < -0.3 is 5.73 Å². The highest BCUT2D eigenvalue weighted by atomic mass is 32.1. The van der Waals surface area contributed by atoms with Gasteiger partial charge >= 0.3 is 0 Å². The summed E-state index contributed by atoms with van der Waals surface area (Å²) in [4.78, 5) is 3.52. The molecule has 2 nitrogen and oxygen atoms in total. The molecule has 1 heterocycles. The van der Waals surface area contributed by atoms with Gasteiger partial charge in [-0.2, -0.15) is 0 Å². The number of hydrogen-bond acceptors (Lipinski definition) is 3. The smallest absolute Gasteiger partial charge is 0.132 e. The van der Waals surface area contributed by atoms with Gasteiger partial charge in [0.2, 0.25) is 0 Å². The van der Waals surface area contributed by atoms with Gasteiger partial charge in [-0.3, -0.25) is 4.90 Å². The Morgan fingerprint density at radius 1 is 1.29 bits per heavy atom. The zero-order chi connectivity index (χ0) is 14.8. The predicted octanol–water partition coefficient (Wildman–Crippen LogP) is 4.26. The Kier molecular flexibility index (Phi) is 4.57. The minimum atomic E-state index is -0.115. The second kappa shape index (κ2) is 6.42. The first kappa shape index (κ1) is 14.9. The summed E-state index contributed by atoms with van der Waals surface area (Å²) >= 11 is 1.64. The number of halogens is 1. The first-order valence-electron chi connectivity index (χ1n) is 7.79. The van der Waals surface area contributed by atoms with Crippen LogP contribution in [-0.4, -0.2) is 18.0 Å². The average molecular weight is 306 g/mol. The Labute approximate surface area is 129 Å². The number of nitrogens with two attached hydrogens (primary N) is 1. The molecule has 2 N–H and O–H groups in total. The number of hydrogen-bond donors (Lipinski definition) is 1. The summed E-state index contributed by atoms with van der Waals surface area (Å²) in [6.45, 7) is 1.30. The van der Waals surface area contributed by atoms with Gasteiger partial charge in [-0.25, -0.2) is 4.39 Å². The molecule has 0 aliphatic heterocycles. The normalized spacial score (nSPS) is 17.0. The predicted molar refractivity (Wildman–Crippen MR) is 88.0 cm³/mol. The standard InChI is InChI=1S/C17H23FN2S/c1-20(12-6-3-2-4-7-12)11-13-16(10-19)21-15-9-5-8-14(18)17(13)15/h5,8-9,12H,2-4,6-7,10-11,19H2,1H3. The summed E-state index contributed by atoms with van der Waals surface area (Å²) in [5, 5.41) is 0.783. The lowest BCUT2D eigenvalue weighted by molar-refractivity contribution is 0.185. The molecule has 0 saturated heterocycles. The van der Waals surface area contributed by atoms with Crippen LogP contribution < -0.4 is 5.73 Å². The molecule has 1 saturated carbocycles. The van der Waals surface area contributed by atoms with Crippen LogP contribution in [0.15, 0.2) is 18.2 Å². The van der Waals surface area contributed by atoms with E-state index in [1.54, 1.807) is 23.5 Å². The van der Waals surface area contributed by atoms with Crippen LogP contribution in [0.2, 0.25) is 0 Å². The van der Waals surface area contributed by atoms with Crippen LogP contribution in [0.1, 0.15) is 42.5 Å². The van der Waals surface area contributed by atoms with Gasteiger partial charge in [0.15, 0.2) is 0 Å². The molecule has 21 heavy (non-hydrogen) atoms. The Balaban J connectivity index is 1.91. The lowest BCUT2D eigenvalue weighted by atomic mass is 9.94. The molecule has 0 atom stereocenters. The van der Waals surface area contributed by atoms with E-state index < -0.39 is 0 Å². The SMILES string of the molecule is CN(Cc1c(CN)sc2cccc(F)c12)C1CCCCC1. The van der Waals surface area contributed by atoms with E-state index >= 15 is 0 Å². The number of thiophene rings is 1. The van der Waals surface area contributed by atoms with Gasteiger partial charge in [0.05, 0.1) is 0 Å². The third-order valence-electron chi connectivity index (χ3n) is 4.64. The van der Waals surface area contributed by atoms with Crippen molar-refractivity contribution in [2.24, 2.45) is 5.73 Å². The van der Waals surface area contributed by atoms with Crippen molar-refractivity contribution in [2.45, 2.75) is 51.2 Å². The lowest BCUT2D eigenvalue weighted by Crippen LogP contribution is -2.33. The van der Waals surface area contributed by atoms with E-state index in [0.29, 0.717) is 12.6 Å². The number of fused-ring (bicyclic) bond motifs is 1. The van der Waals surface area contributed by atoms with Crippen LogP contribution in [0, 0.1) is 5.82 Å². The monoisotopic (exact) mass is 306 g/mol. The molecule has 1 aliphatic carbocycles. The van der Waals surface area contributed by atoms with Gasteiger partial charge in [0, 0.05) is 34.1 Å². The summed E-state index contributed by atoms with van der Waals surface area (Å²) < 4.78 is 15.3. The zero-order valence-corrected chi connectivity index (χ0v) is 13.4. The fourth-order valence-corrected chi connectivity index (χ4v) is 4.56. The molecule has 0 unspecified atom stereocenters. The van der Waals surface area contributed by atoms with Crippen LogP contribution in [0.5, 0.6) is 0 Å². The molecule has 2 aromatic rings. The summed E-state index contributed by atoms with van der Waals surface area (Å²) in [6.07, 6.45) is 6.52. The van der Waals surface area contributed by atoms with Crippen molar-refractivity contribution in [1.29, 1.82) is 0 Å². The zero-order valence-electron chi connectivity index (χ0n) is 12.6. The van der Waals surface area contributed by atoms with Crippen LogP contribution in [0.3, 0.4) is 0 Å². The largest absolute Gasteiger partial charge is 0.326 e. The molecular formula is C17H23FN2S. The van der Waals surface area contributed by atoms with Gasteiger partial charge in [-0.05, 0) is 37.6 Å². The van der Waals surface area contributed by atoms with Crippen molar-refractivity contribution in [3.05, 3.63) is 34.5 Å². The number of rotatable bonds is 4. The molecule has 1 aliphatic rings. The Hall–Kier alpha value is -0.970. The maximum atomic E-state index is 14.2. The fraction of sp³-hybridized carbons (Fsp3) is 0.529. The van der Waals surface area contributed by atoms with Crippen molar-refractivity contribution >= 4 is 21.4 Å². The van der Waals surface area contributed by atoms with E-state index in [-0.39, 0.29) is 5.82 Å². The van der Waals surface area contributed by atoms with Crippen LogP contribution in [0.25, 0.3) is 10.1 Å². The summed E-state index contributed by atoms with van der Waals surface area (Å²) in [7, 11) is 2.17. The highest BCUT2D eigenvalue weighted by Gasteiger charge is 2.21. The van der Waals surface area contributed by atoms with Crippen molar-refractivity contribution in [1.82, 2.24) is 4.90 Å². The van der Waals surface area contributed by atoms with Crippen molar-refractivity contribution in [2.75, 3.05) is 7.05 Å². The minimum absolute atomic E-state index is 0.115. The average Bonchev–Trinajstić information content (AvgIpc) is 2.87. The highest BCUT2D eigenvalue weighted by Crippen LogP contribution is 2.34. The van der Waals surface area contributed by atoms with Crippen LogP contribution in [0.4, 0.5) is 4.39 Å². The molecule has 3 rings (SSSR count). The maximum Gasteiger partial charge on any atom is 0.132 e. The van der Waals surface area contributed by atoms with E-state index in [2.05, 4.69) is 11.9 Å². The molecule has 1 aromatic heterocycles. The van der Waals surface area contributed by atoms with Crippen molar-refractivity contribution < 1.29 is 4.39 Å². The van der Waals surface area contributed by atoms with Gasteiger partial charge in [0.1, 0.15) is 5.82 Å².